The van der Waals surface area contributed by atoms with Crippen molar-refractivity contribution in [2.24, 2.45) is 0 Å². The van der Waals surface area contributed by atoms with Gasteiger partial charge in [0, 0.05) is 16.8 Å². The van der Waals surface area contributed by atoms with Crippen molar-refractivity contribution in [1.29, 1.82) is 0 Å². The zero-order valence-electron chi connectivity index (χ0n) is 16.8. The Labute approximate surface area is 195 Å². The first-order valence-electron chi connectivity index (χ1n) is 9.68. The summed E-state index contributed by atoms with van der Waals surface area (Å²) in [7, 11) is -4.40. The molecule has 0 saturated carbocycles. The fourth-order valence-electron chi connectivity index (χ4n) is 3.16. The molecular formula is C24H19ClN2O3S2. The minimum absolute atomic E-state index is 0.165. The zero-order valence-corrected chi connectivity index (χ0v) is 19.2. The summed E-state index contributed by atoms with van der Waals surface area (Å²) in [4.78, 5) is 4.72. The van der Waals surface area contributed by atoms with Crippen molar-refractivity contribution in [3.8, 4) is 11.1 Å². The topological polar surface area (TPSA) is 79.3 Å². The van der Waals surface area contributed by atoms with E-state index in [1.807, 2.05) is 60.7 Å². The van der Waals surface area contributed by atoms with Crippen LogP contribution in [0.25, 0.3) is 23.3 Å². The van der Waals surface area contributed by atoms with E-state index in [1.165, 1.54) is 17.4 Å². The minimum Gasteiger partial charge on any atom is -0.380 e. The highest BCUT2D eigenvalue weighted by Gasteiger charge is 2.15. The Kier molecular flexibility index (Phi) is 6.72. The van der Waals surface area contributed by atoms with Gasteiger partial charge in [-0.2, -0.15) is 8.42 Å². The minimum atomic E-state index is -4.40. The summed E-state index contributed by atoms with van der Waals surface area (Å²) in [6.45, 7) is 0.443. The van der Waals surface area contributed by atoms with Crippen LogP contribution >= 0.6 is 22.9 Å². The molecule has 4 aromatic rings. The number of nitrogens with one attached hydrogen (secondary N) is 1. The van der Waals surface area contributed by atoms with Crippen LogP contribution in [0.2, 0.25) is 4.47 Å². The summed E-state index contributed by atoms with van der Waals surface area (Å²) in [6.07, 6.45) is 5.14. The number of hydrogen-bond donors (Lipinski definition) is 2. The lowest BCUT2D eigenvalue weighted by Crippen LogP contribution is -2.04. The Balaban J connectivity index is 1.54. The molecular weight excluding hydrogens is 464 g/mol. The van der Waals surface area contributed by atoms with Gasteiger partial charge in [0.05, 0.1) is 6.54 Å². The second-order valence-corrected chi connectivity index (χ2v) is 10.1. The largest absolute Gasteiger partial charge is 0.380 e. The average molecular weight is 483 g/mol. The molecule has 0 radical (unpaired) electrons. The van der Waals surface area contributed by atoms with Gasteiger partial charge in [-0.3, -0.25) is 4.55 Å². The van der Waals surface area contributed by atoms with Crippen LogP contribution in [0.1, 0.15) is 16.0 Å². The molecule has 0 saturated heterocycles. The molecule has 0 spiro atoms. The highest BCUT2D eigenvalue weighted by Crippen LogP contribution is 2.25. The van der Waals surface area contributed by atoms with Crippen LogP contribution in [0.3, 0.4) is 0 Å². The van der Waals surface area contributed by atoms with E-state index >= 15 is 0 Å². The van der Waals surface area contributed by atoms with Gasteiger partial charge in [0.25, 0.3) is 10.1 Å². The van der Waals surface area contributed by atoms with Gasteiger partial charge in [0.2, 0.25) is 0 Å². The van der Waals surface area contributed by atoms with Crippen molar-refractivity contribution in [1.82, 2.24) is 4.98 Å². The molecule has 2 N–H and O–H groups in total. The van der Waals surface area contributed by atoms with E-state index < -0.39 is 10.1 Å². The molecule has 8 heteroatoms. The molecule has 3 aromatic carbocycles. The summed E-state index contributed by atoms with van der Waals surface area (Å²) >= 11 is 7.17. The highest BCUT2D eigenvalue weighted by molar-refractivity contribution is 7.86. The third-order valence-corrected chi connectivity index (χ3v) is 6.78. The number of rotatable bonds is 7. The number of anilines is 1. The SMILES string of the molecule is O=S(=O)(O)c1cc(NCc2cnc(Cl)s2)ccc1C=Cc1ccc(-c2ccccc2)cc1. The zero-order chi connectivity index (χ0) is 22.6. The number of benzene rings is 3. The van der Waals surface area contributed by atoms with E-state index in [1.54, 1.807) is 24.4 Å². The second kappa shape index (κ2) is 9.67. The molecule has 1 aromatic heterocycles. The van der Waals surface area contributed by atoms with Gasteiger partial charge in [-0.25, -0.2) is 4.98 Å². The maximum Gasteiger partial charge on any atom is 0.295 e. The third kappa shape index (κ3) is 5.63. The van der Waals surface area contributed by atoms with Gasteiger partial charge >= 0.3 is 0 Å². The fourth-order valence-corrected chi connectivity index (χ4v) is 4.79. The predicted molar refractivity (Wildman–Crippen MR) is 132 cm³/mol. The summed E-state index contributed by atoms with van der Waals surface area (Å²) in [6, 6.07) is 22.8. The molecule has 0 bridgehead atoms. The van der Waals surface area contributed by atoms with E-state index in [-0.39, 0.29) is 4.90 Å². The van der Waals surface area contributed by atoms with Crippen LogP contribution in [0, 0.1) is 0 Å². The molecule has 1 heterocycles. The van der Waals surface area contributed by atoms with Gasteiger partial charge in [-0.05, 0) is 34.4 Å². The average Bonchev–Trinajstić information content (AvgIpc) is 3.22. The van der Waals surface area contributed by atoms with E-state index in [2.05, 4.69) is 10.3 Å². The van der Waals surface area contributed by atoms with Crippen molar-refractivity contribution in [3.05, 3.63) is 99.5 Å². The standard InChI is InChI=1S/C24H19ClN2O3S2/c25-24-27-16-22(31-24)15-26-21-13-12-20(23(14-21)32(28,29)30)11-8-17-6-9-19(10-7-17)18-4-2-1-3-5-18/h1-14,16,26H,15H2,(H,28,29,30). The monoisotopic (exact) mass is 482 g/mol. The summed E-state index contributed by atoms with van der Waals surface area (Å²) < 4.78 is 34.1. The molecule has 0 aliphatic heterocycles. The molecule has 5 nitrogen and oxygen atoms in total. The van der Waals surface area contributed by atoms with Crippen LogP contribution in [0.5, 0.6) is 0 Å². The normalized spacial score (nSPS) is 11.7. The van der Waals surface area contributed by atoms with Crippen LogP contribution in [-0.4, -0.2) is 18.0 Å². The number of aromatic nitrogens is 1. The van der Waals surface area contributed by atoms with E-state index in [9.17, 15) is 13.0 Å². The smallest absolute Gasteiger partial charge is 0.295 e. The summed E-state index contributed by atoms with van der Waals surface area (Å²) in [5.74, 6) is 0. The fraction of sp³-hybridized carbons (Fsp3) is 0.0417. The van der Waals surface area contributed by atoms with E-state index in [0.29, 0.717) is 22.3 Å². The third-order valence-electron chi connectivity index (χ3n) is 4.76. The first kappa shape index (κ1) is 22.2. The molecule has 0 fully saturated rings. The maximum absolute atomic E-state index is 12.0. The Bertz CT molecular complexity index is 1350. The van der Waals surface area contributed by atoms with Crippen LogP contribution in [-0.2, 0) is 16.7 Å². The first-order chi connectivity index (χ1) is 15.4. The number of nitrogens with zero attached hydrogens (tertiary/aromatic N) is 1. The molecule has 0 aliphatic rings. The molecule has 32 heavy (non-hydrogen) atoms. The number of thiazole rings is 1. The van der Waals surface area contributed by atoms with Gasteiger partial charge in [-0.1, -0.05) is 84.4 Å². The number of halogens is 1. The summed E-state index contributed by atoms with van der Waals surface area (Å²) in [5, 5.41) is 3.12. The van der Waals surface area contributed by atoms with Crippen LogP contribution in [0.15, 0.2) is 83.9 Å². The van der Waals surface area contributed by atoms with Crippen molar-refractivity contribution >= 4 is 50.9 Å². The molecule has 4 rings (SSSR count). The van der Waals surface area contributed by atoms with Gasteiger partial charge < -0.3 is 5.32 Å². The maximum atomic E-state index is 12.0. The van der Waals surface area contributed by atoms with Gasteiger partial charge in [-0.15, -0.1) is 11.3 Å². The van der Waals surface area contributed by atoms with E-state index in [4.69, 9.17) is 11.6 Å². The lowest BCUT2D eigenvalue weighted by molar-refractivity contribution is 0.483. The lowest BCUT2D eigenvalue weighted by Gasteiger charge is -2.09. The van der Waals surface area contributed by atoms with Gasteiger partial charge in [0.15, 0.2) is 4.47 Å². The van der Waals surface area contributed by atoms with Crippen LogP contribution in [0.4, 0.5) is 5.69 Å². The Hall–Kier alpha value is -2.97. The predicted octanol–water partition coefficient (Wildman–Crippen LogP) is 6.49. The van der Waals surface area contributed by atoms with Crippen LogP contribution < -0.4 is 5.32 Å². The summed E-state index contributed by atoms with van der Waals surface area (Å²) in [5.41, 5.74) is 4.09. The number of hydrogen-bond acceptors (Lipinski definition) is 5. The Morgan fingerprint density at radius 3 is 2.34 bits per heavy atom. The first-order valence-corrected chi connectivity index (χ1v) is 12.3. The van der Waals surface area contributed by atoms with Gasteiger partial charge in [0.1, 0.15) is 4.90 Å². The highest BCUT2D eigenvalue weighted by atomic mass is 35.5. The van der Waals surface area contributed by atoms with Crippen molar-refractivity contribution < 1.29 is 13.0 Å². The Morgan fingerprint density at radius 2 is 1.69 bits per heavy atom. The quantitative estimate of drug-likeness (QED) is 0.232. The Morgan fingerprint density at radius 1 is 0.969 bits per heavy atom. The van der Waals surface area contributed by atoms with E-state index in [0.717, 1.165) is 21.6 Å². The van der Waals surface area contributed by atoms with Crippen molar-refractivity contribution in [3.63, 3.8) is 0 Å². The molecule has 0 unspecified atom stereocenters. The molecule has 162 valence electrons. The lowest BCUT2D eigenvalue weighted by atomic mass is 10.0. The molecule has 0 amide bonds. The second-order valence-electron chi connectivity index (χ2n) is 6.98. The molecule has 0 atom stereocenters. The van der Waals surface area contributed by atoms with Crippen molar-refractivity contribution in [2.75, 3.05) is 5.32 Å². The molecule has 0 aliphatic carbocycles. The van der Waals surface area contributed by atoms with Crippen molar-refractivity contribution in [2.45, 2.75) is 11.4 Å².